The average molecular weight is 354 g/mol. The SMILES string of the molecule is COc1cccc2c(OC(=O)c3ccccc3)c(OC(C)C)c(=O)oc12. The number of rotatable bonds is 5. The van der Waals surface area contributed by atoms with E-state index < -0.39 is 11.6 Å². The van der Waals surface area contributed by atoms with Crippen molar-refractivity contribution >= 4 is 16.9 Å². The molecule has 3 rings (SSSR count). The first-order valence-electron chi connectivity index (χ1n) is 8.09. The van der Waals surface area contributed by atoms with E-state index in [1.807, 2.05) is 0 Å². The van der Waals surface area contributed by atoms with Gasteiger partial charge in [-0.1, -0.05) is 24.3 Å². The van der Waals surface area contributed by atoms with Crippen LogP contribution in [0.3, 0.4) is 0 Å². The van der Waals surface area contributed by atoms with Crippen LogP contribution in [0, 0.1) is 0 Å². The molecule has 3 aromatic rings. The first-order valence-corrected chi connectivity index (χ1v) is 8.09. The van der Waals surface area contributed by atoms with E-state index in [2.05, 4.69) is 0 Å². The minimum atomic E-state index is -0.744. The summed E-state index contributed by atoms with van der Waals surface area (Å²) in [6.07, 6.45) is -0.310. The van der Waals surface area contributed by atoms with E-state index in [0.29, 0.717) is 16.7 Å². The standard InChI is InChI=1S/C20H18O6/c1-12(2)24-18-17(26-19(21)13-8-5-4-6-9-13)14-10-7-11-15(23-3)16(14)25-20(18)22/h4-12H,1-3H3. The number of hydrogen-bond acceptors (Lipinski definition) is 6. The van der Waals surface area contributed by atoms with Crippen LogP contribution in [0.15, 0.2) is 57.7 Å². The summed E-state index contributed by atoms with van der Waals surface area (Å²) < 4.78 is 21.7. The first kappa shape index (κ1) is 17.5. The third-order valence-electron chi connectivity index (χ3n) is 3.59. The third kappa shape index (κ3) is 3.39. The maximum atomic E-state index is 12.5. The first-order chi connectivity index (χ1) is 12.5. The van der Waals surface area contributed by atoms with Crippen molar-refractivity contribution < 1.29 is 23.4 Å². The summed E-state index contributed by atoms with van der Waals surface area (Å²) in [5, 5.41) is 0.406. The molecule has 1 aromatic heterocycles. The lowest BCUT2D eigenvalue weighted by Crippen LogP contribution is -2.17. The smallest absolute Gasteiger partial charge is 0.383 e. The second kappa shape index (κ2) is 7.31. The Bertz CT molecular complexity index is 988. The summed E-state index contributed by atoms with van der Waals surface area (Å²) >= 11 is 0. The minimum absolute atomic E-state index is 0.0118. The van der Waals surface area contributed by atoms with Crippen molar-refractivity contribution in [2.24, 2.45) is 0 Å². The van der Waals surface area contributed by atoms with Crippen LogP contribution in [-0.4, -0.2) is 19.2 Å². The molecule has 2 aromatic carbocycles. The zero-order chi connectivity index (χ0) is 18.7. The van der Waals surface area contributed by atoms with Gasteiger partial charge in [0.25, 0.3) is 0 Å². The fourth-order valence-corrected chi connectivity index (χ4v) is 2.48. The van der Waals surface area contributed by atoms with Crippen molar-refractivity contribution in [3.63, 3.8) is 0 Å². The largest absolute Gasteiger partial charge is 0.493 e. The molecule has 26 heavy (non-hydrogen) atoms. The van der Waals surface area contributed by atoms with E-state index in [1.165, 1.54) is 7.11 Å². The summed E-state index contributed by atoms with van der Waals surface area (Å²) in [6.45, 7) is 3.52. The second-order valence-corrected chi connectivity index (χ2v) is 5.81. The maximum absolute atomic E-state index is 12.5. The van der Waals surface area contributed by atoms with E-state index in [4.69, 9.17) is 18.6 Å². The van der Waals surface area contributed by atoms with Gasteiger partial charge in [0.1, 0.15) is 0 Å². The topological polar surface area (TPSA) is 75.0 Å². The Kier molecular flexibility index (Phi) is 4.93. The summed E-state index contributed by atoms with van der Waals surface area (Å²) in [6, 6.07) is 13.5. The molecule has 6 nitrogen and oxygen atoms in total. The highest BCUT2D eigenvalue weighted by atomic mass is 16.6. The van der Waals surface area contributed by atoms with Gasteiger partial charge >= 0.3 is 11.6 Å². The Morgan fingerprint density at radius 1 is 1.00 bits per heavy atom. The molecule has 0 unspecified atom stereocenters. The molecular formula is C20H18O6. The van der Waals surface area contributed by atoms with Crippen molar-refractivity contribution in [1.29, 1.82) is 0 Å². The lowest BCUT2D eigenvalue weighted by Gasteiger charge is -2.15. The van der Waals surface area contributed by atoms with E-state index in [1.54, 1.807) is 62.4 Å². The Morgan fingerprint density at radius 3 is 2.38 bits per heavy atom. The highest BCUT2D eigenvalue weighted by molar-refractivity contribution is 5.96. The molecule has 0 fully saturated rings. The van der Waals surface area contributed by atoms with Crippen LogP contribution in [0.4, 0.5) is 0 Å². The minimum Gasteiger partial charge on any atom is -0.493 e. The molecular weight excluding hydrogens is 336 g/mol. The monoisotopic (exact) mass is 354 g/mol. The zero-order valence-electron chi connectivity index (χ0n) is 14.6. The second-order valence-electron chi connectivity index (χ2n) is 5.81. The van der Waals surface area contributed by atoms with Crippen LogP contribution in [0.5, 0.6) is 17.2 Å². The molecule has 0 radical (unpaired) electrons. The van der Waals surface area contributed by atoms with E-state index in [-0.39, 0.29) is 23.2 Å². The number of esters is 1. The molecule has 0 spiro atoms. The van der Waals surface area contributed by atoms with Crippen molar-refractivity contribution in [1.82, 2.24) is 0 Å². The molecule has 0 N–H and O–H groups in total. The fraction of sp³-hybridized carbons (Fsp3) is 0.200. The number of carbonyl (C=O) groups is 1. The predicted octanol–water partition coefficient (Wildman–Crippen LogP) is 3.81. The molecule has 0 amide bonds. The van der Waals surface area contributed by atoms with Crippen LogP contribution in [-0.2, 0) is 0 Å². The number of fused-ring (bicyclic) bond motifs is 1. The molecule has 0 aliphatic rings. The van der Waals surface area contributed by atoms with Crippen molar-refractivity contribution in [3.05, 3.63) is 64.5 Å². The molecule has 0 aliphatic heterocycles. The van der Waals surface area contributed by atoms with Crippen LogP contribution >= 0.6 is 0 Å². The van der Waals surface area contributed by atoms with E-state index in [9.17, 15) is 9.59 Å². The van der Waals surface area contributed by atoms with Gasteiger partial charge in [-0.05, 0) is 38.1 Å². The Hall–Kier alpha value is -3.28. The lowest BCUT2D eigenvalue weighted by molar-refractivity contribution is 0.0726. The van der Waals surface area contributed by atoms with Gasteiger partial charge in [-0.2, -0.15) is 0 Å². The van der Waals surface area contributed by atoms with Crippen molar-refractivity contribution in [2.45, 2.75) is 20.0 Å². The molecule has 0 saturated heterocycles. The lowest BCUT2D eigenvalue weighted by atomic mass is 10.2. The highest BCUT2D eigenvalue weighted by Crippen LogP contribution is 2.37. The summed E-state index contributed by atoms with van der Waals surface area (Å²) in [5.74, 6) is -0.385. The Labute approximate surface area is 149 Å². The van der Waals surface area contributed by atoms with Crippen LogP contribution < -0.4 is 19.8 Å². The number of methoxy groups -OCH3 is 1. The molecule has 0 bridgehead atoms. The van der Waals surface area contributed by atoms with E-state index >= 15 is 0 Å². The van der Waals surface area contributed by atoms with Crippen LogP contribution in [0.25, 0.3) is 11.0 Å². The molecule has 0 saturated carbocycles. The van der Waals surface area contributed by atoms with Gasteiger partial charge in [-0.15, -0.1) is 0 Å². The molecule has 1 heterocycles. The third-order valence-corrected chi connectivity index (χ3v) is 3.59. The van der Waals surface area contributed by atoms with Crippen molar-refractivity contribution in [2.75, 3.05) is 7.11 Å². The van der Waals surface area contributed by atoms with Gasteiger partial charge in [0.05, 0.1) is 24.2 Å². The van der Waals surface area contributed by atoms with Gasteiger partial charge in [0.2, 0.25) is 5.75 Å². The number of carbonyl (C=O) groups excluding carboxylic acids is 1. The maximum Gasteiger partial charge on any atom is 0.383 e. The normalized spacial score (nSPS) is 10.8. The van der Waals surface area contributed by atoms with Gasteiger partial charge in [-0.25, -0.2) is 9.59 Å². The van der Waals surface area contributed by atoms with Crippen molar-refractivity contribution in [3.8, 4) is 17.2 Å². The van der Waals surface area contributed by atoms with Gasteiger partial charge < -0.3 is 18.6 Å². The number of ether oxygens (including phenoxy) is 3. The van der Waals surface area contributed by atoms with Crippen LogP contribution in [0.2, 0.25) is 0 Å². The Balaban J connectivity index is 2.19. The number of para-hydroxylation sites is 1. The average Bonchev–Trinajstić information content (AvgIpc) is 2.64. The summed E-state index contributed by atoms with van der Waals surface area (Å²) in [4.78, 5) is 25.0. The van der Waals surface area contributed by atoms with Gasteiger partial charge in [0, 0.05) is 0 Å². The summed E-state index contributed by atoms with van der Waals surface area (Å²) in [7, 11) is 1.46. The quantitative estimate of drug-likeness (QED) is 0.512. The molecule has 0 aliphatic carbocycles. The summed E-state index contributed by atoms with van der Waals surface area (Å²) in [5.41, 5.74) is -0.203. The molecule has 134 valence electrons. The predicted molar refractivity (Wildman–Crippen MR) is 96.2 cm³/mol. The zero-order valence-corrected chi connectivity index (χ0v) is 14.6. The molecule has 6 heteroatoms. The number of hydrogen-bond donors (Lipinski definition) is 0. The van der Waals surface area contributed by atoms with Gasteiger partial charge in [0.15, 0.2) is 17.1 Å². The highest BCUT2D eigenvalue weighted by Gasteiger charge is 2.23. The van der Waals surface area contributed by atoms with Gasteiger partial charge in [-0.3, -0.25) is 0 Å². The molecule has 0 atom stereocenters. The van der Waals surface area contributed by atoms with Crippen LogP contribution in [0.1, 0.15) is 24.2 Å². The Morgan fingerprint density at radius 2 is 1.73 bits per heavy atom. The fourth-order valence-electron chi connectivity index (χ4n) is 2.48. The number of benzene rings is 2. The van der Waals surface area contributed by atoms with E-state index in [0.717, 1.165) is 0 Å².